The number of ether oxygens (including phenoxy) is 2. The van der Waals surface area contributed by atoms with Crippen LogP contribution in [0.15, 0.2) is 75.9 Å². The fourth-order valence-corrected chi connectivity index (χ4v) is 3.45. The van der Waals surface area contributed by atoms with Gasteiger partial charge in [-0.05, 0) is 54.1 Å². The van der Waals surface area contributed by atoms with Crippen LogP contribution in [0.5, 0.6) is 5.75 Å². The van der Waals surface area contributed by atoms with E-state index in [2.05, 4.69) is 0 Å². The first kappa shape index (κ1) is 21.3. The summed E-state index contributed by atoms with van der Waals surface area (Å²) in [6.45, 7) is 3.65. The minimum atomic E-state index is -0.676. The van der Waals surface area contributed by atoms with Gasteiger partial charge < -0.3 is 13.9 Å². The number of carbonyl (C=O) groups is 2. The molecule has 1 unspecified atom stereocenters. The first-order valence-electron chi connectivity index (χ1n) is 10.4. The van der Waals surface area contributed by atoms with Crippen molar-refractivity contribution in [2.75, 3.05) is 6.61 Å². The van der Waals surface area contributed by atoms with Gasteiger partial charge in [0.2, 0.25) is 0 Å². The average Bonchev–Trinajstić information content (AvgIpc) is 2.82. The van der Waals surface area contributed by atoms with Crippen molar-refractivity contribution >= 4 is 33.5 Å². The molecule has 0 radical (unpaired) electrons. The summed E-state index contributed by atoms with van der Waals surface area (Å²) in [6.07, 6.45) is -0.0323. The van der Waals surface area contributed by atoms with E-state index in [0.29, 0.717) is 28.7 Å². The fourth-order valence-electron chi connectivity index (χ4n) is 3.45. The molecule has 6 heteroatoms. The van der Waals surface area contributed by atoms with E-state index in [1.807, 2.05) is 30.3 Å². The Labute approximate surface area is 184 Å². The Morgan fingerprint density at radius 1 is 0.969 bits per heavy atom. The van der Waals surface area contributed by atoms with Gasteiger partial charge in [-0.3, -0.25) is 9.59 Å². The van der Waals surface area contributed by atoms with Crippen molar-refractivity contribution < 1.29 is 23.5 Å². The number of carbonyl (C=O) groups excluding carboxylic acids is 2. The van der Waals surface area contributed by atoms with Crippen LogP contribution < -0.4 is 10.4 Å². The molecule has 4 aromatic rings. The molecule has 1 aromatic heterocycles. The zero-order valence-corrected chi connectivity index (χ0v) is 17.8. The molecule has 3 aromatic carbocycles. The highest BCUT2D eigenvalue weighted by Crippen LogP contribution is 2.26. The predicted octanol–water partition coefficient (Wildman–Crippen LogP) is 4.90. The highest BCUT2D eigenvalue weighted by Gasteiger charge is 2.17. The van der Waals surface area contributed by atoms with Gasteiger partial charge in [-0.1, -0.05) is 37.3 Å². The predicted molar refractivity (Wildman–Crippen MR) is 121 cm³/mol. The van der Waals surface area contributed by atoms with E-state index in [0.717, 1.165) is 10.8 Å². The zero-order chi connectivity index (χ0) is 22.7. The van der Waals surface area contributed by atoms with E-state index >= 15 is 0 Å². The highest BCUT2D eigenvalue weighted by molar-refractivity contribution is 6.12. The van der Waals surface area contributed by atoms with E-state index < -0.39 is 11.4 Å². The van der Waals surface area contributed by atoms with Crippen molar-refractivity contribution in [1.29, 1.82) is 0 Å². The molecule has 32 heavy (non-hydrogen) atoms. The summed E-state index contributed by atoms with van der Waals surface area (Å²) >= 11 is 0. The van der Waals surface area contributed by atoms with Crippen LogP contribution in [0, 0.1) is 0 Å². The van der Waals surface area contributed by atoms with Gasteiger partial charge in [-0.15, -0.1) is 0 Å². The van der Waals surface area contributed by atoms with Crippen LogP contribution in [-0.2, 0) is 9.53 Å². The molecule has 0 aliphatic heterocycles. The van der Waals surface area contributed by atoms with E-state index in [4.69, 9.17) is 13.9 Å². The maximum absolute atomic E-state index is 13.0. The lowest BCUT2D eigenvalue weighted by Gasteiger charge is -2.15. The summed E-state index contributed by atoms with van der Waals surface area (Å²) in [5.74, 6) is -0.188. The van der Waals surface area contributed by atoms with Crippen LogP contribution in [0.3, 0.4) is 0 Å². The number of hydrogen-bond donors (Lipinski definition) is 0. The topological polar surface area (TPSA) is 82.8 Å². The zero-order valence-electron chi connectivity index (χ0n) is 17.8. The Hall–Kier alpha value is -3.93. The molecule has 0 bridgehead atoms. The Morgan fingerprint density at radius 2 is 1.72 bits per heavy atom. The Balaban J connectivity index is 1.57. The van der Waals surface area contributed by atoms with Crippen molar-refractivity contribution in [3.8, 4) is 5.75 Å². The maximum atomic E-state index is 13.0. The minimum Gasteiger partial charge on any atom is -0.487 e. The van der Waals surface area contributed by atoms with Crippen LogP contribution in [0.25, 0.3) is 21.7 Å². The number of fused-ring (bicyclic) bond motifs is 3. The number of hydrogen-bond acceptors (Lipinski definition) is 6. The Kier molecular flexibility index (Phi) is 6.03. The summed E-state index contributed by atoms with van der Waals surface area (Å²) in [6, 6.07) is 19.4. The first-order valence-corrected chi connectivity index (χ1v) is 10.4. The molecule has 162 valence electrons. The molecule has 0 spiro atoms. The van der Waals surface area contributed by atoms with Crippen molar-refractivity contribution in [3.63, 3.8) is 0 Å². The third kappa shape index (κ3) is 4.39. The second-order valence-electron chi connectivity index (χ2n) is 7.46. The number of rotatable bonds is 7. The molecule has 0 saturated heterocycles. The third-order valence-electron chi connectivity index (χ3n) is 5.11. The van der Waals surface area contributed by atoms with E-state index in [1.54, 1.807) is 50.2 Å². The largest absolute Gasteiger partial charge is 0.487 e. The van der Waals surface area contributed by atoms with Gasteiger partial charge in [-0.2, -0.15) is 0 Å². The lowest BCUT2D eigenvalue weighted by atomic mass is 10.0. The fraction of sp³-hybridized carbons (Fsp3) is 0.192. The molecule has 6 nitrogen and oxygen atoms in total. The third-order valence-corrected chi connectivity index (χ3v) is 5.11. The van der Waals surface area contributed by atoms with Gasteiger partial charge in [0, 0.05) is 17.4 Å². The van der Waals surface area contributed by atoms with Gasteiger partial charge in [0.15, 0.2) is 5.78 Å². The van der Waals surface area contributed by atoms with Gasteiger partial charge in [0.25, 0.3) is 0 Å². The van der Waals surface area contributed by atoms with Crippen molar-refractivity contribution in [2.45, 2.75) is 26.4 Å². The van der Waals surface area contributed by atoms with Crippen LogP contribution >= 0.6 is 0 Å². The second kappa shape index (κ2) is 9.06. The monoisotopic (exact) mass is 430 g/mol. The molecular formula is C26H22O6. The first-order chi connectivity index (χ1) is 15.5. The summed E-state index contributed by atoms with van der Waals surface area (Å²) in [5.41, 5.74) is 0.0768. The molecule has 1 atom stereocenters. The molecule has 0 saturated carbocycles. The lowest BCUT2D eigenvalue weighted by molar-refractivity contribution is -0.145. The van der Waals surface area contributed by atoms with Crippen LogP contribution in [-0.4, -0.2) is 24.5 Å². The molecule has 4 rings (SSSR count). The number of ketones is 1. The van der Waals surface area contributed by atoms with E-state index in [-0.39, 0.29) is 24.2 Å². The SMILES string of the molecule is CCC(=O)OCC(C)Oc1ccc(C(=O)c2cc3c(ccc4ccccc43)oc2=O)cc1. The Bertz CT molecular complexity index is 1350. The van der Waals surface area contributed by atoms with Gasteiger partial charge in [-0.25, -0.2) is 4.79 Å². The summed E-state index contributed by atoms with van der Waals surface area (Å²) in [5, 5.41) is 2.61. The average molecular weight is 430 g/mol. The molecule has 0 N–H and O–H groups in total. The van der Waals surface area contributed by atoms with Crippen LogP contribution in [0.2, 0.25) is 0 Å². The summed E-state index contributed by atoms with van der Waals surface area (Å²) in [4.78, 5) is 36.8. The molecule has 0 fully saturated rings. The Morgan fingerprint density at radius 3 is 2.47 bits per heavy atom. The summed E-state index contributed by atoms with van der Waals surface area (Å²) < 4.78 is 16.2. The quantitative estimate of drug-likeness (QED) is 0.180. The minimum absolute atomic E-state index is 0.0256. The molecular weight excluding hydrogens is 408 g/mol. The molecule has 0 aliphatic carbocycles. The van der Waals surface area contributed by atoms with Crippen molar-refractivity contribution in [1.82, 2.24) is 0 Å². The van der Waals surface area contributed by atoms with Crippen molar-refractivity contribution in [3.05, 3.63) is 88.3 Å². The highest BCUT2D eigenvalue weighted by atomic mass is 16.6. The number of benzene rings is 3. The smallest absolute Gasteiger partial charge is 0.347 e. The lowest BCUT2D eigenvalue weighted by Crippen LogP contribution is -2.21. The maximum Gasteiger partial charge on any atom is 0.347 e. The van der Waals surface area contributed by atoms with Gasteiger partial charge in [0.05, 0.1) is 0 Å². The summed E-state index contributed by atoms with van der Waals surface area (Å²) in [7, 11) is 0. The van der Waals surface area contributed by atoms with E-state index in [9.17, 15) is 14.4 Å². The molecule has 0 amide bonds. The van der Waals surface area contributed by atoms with Crippen molar-refractivity contribution in [2.24, 2.45) is 0 Å². The normalized spacial score (nSPS) is 11.9. The van der Waals surface area contributed by atoms with Crippen LogP contribution in [0.1, 0.15) is 36.2 Å². The molecule has 0 aliphatic rings. The molecule has 1 heterocycles. The second-order valence-corrected chi connectivity index (χ2v) is 7.46. The number of esters is 1. The van der Waals surface area contributed by atoms with Gasteiger partial charge in [0.1, 0.15) is 29.6 Å². The van der Waals surface area contributed by atoms with Gasteiger partial charge >= 0.3 is 11.6 Å². The van der Waals surface area contributed by atoms with Crippen LogP contribution in [0.4, 0.5) is 0 Å². The standard InChI is InChI=1S/C26H22O6/c1-3-24(27)30-15-16(2)31-19-11-8-18(9-12-19)25(28)22-14-21-20-7-5-4-6-17(20)10-13-23(21)32-26(22)29/h4-14,16H,3,15H2,1-2H3. The van der Waals surface area contributed by atoms with E-state index in [1.165, 1.54) is 0 Å².